The van der Waals surface area contributed by atoms with Crippen molar-refractivity contribution >= 4 is 11.6 Å². The number of nitrogens with zero attached hydrogens (tertiary/aromatic N) is 1. The number of benzene rings is 1. The zero-order valence-corrected chi connectivity index (χ0v) is 11.7. The van der Waals surface area contributed by atoms with Gasteiger partial charge in [0.05, 0.1) is 0 Å². The molecule has 0 unspecified atom stereocenters. The van der Waals surface area contributed by atoms with Crippen molar-refractivity contribution in [3.63, 3.8) is 0 Å². The second-order valence-corrected chi connectivity index (χ2v) is 5.39. The van der Waals surface area contributed by atoms with Crippen molar-refractivity contribution in [2.75, 3.05) is 5.32 Å². The second kappa shape index (κ2) is 6.05. The summed E-state index contributed by atoms with van der Waals surface area (Å²) in [4.78, 5) is 11.9. The van der Waals surface area contributed by atoms with E-state index >= 15 is 0 Å². The van der Waals surface area contributed by atoms with Gasteiger partial charge in [-0.2, -0.15) is 5.26 Å². The van der Waals surface area contributed by atoms with E-state index in [1.807, 2.05) is 52.0 Å². The van der Waals surface area contributed by atoms with E-state index < -0.39 is 5.91 Å². The van der Waals surface area contributed by atoms with Crippen LogP contribution >= 0.6 is 0 Å². The summed E-state index contributed by atoms with van der Waals surface area (Å²) >= 11 is 0. The molecule has 0 aliphatic heterocycles. The lowest BCUT2D eigenvalue weighted by Crippen LogP contribution is -2.32. The van der Waals surface area contributed by atoms with E-state index in [0.717, 1.165) is 5.56 Å². The molecule has 0 saturated carbocycles. The molecule has 0 aliphatic rings. The van der Waals surface area contributed by atoms with Gasteiger partial charge in [0, 0.05) is 17.4 Å². The Kier molecular flexibility index (Phi) is 4.71. The van der Waals surface area contributed by atoms with Gasteiger partial charge in [0.15, 0.2) is 0 Å². The van der Waals surface area contributed by atoms with Crippen molar-refractivity contribution in [2.45, 2.75) is 33.2 Å². The normalized spacial score (nSPS) is 11.6. The number of carbonyl (C=O) groups is 1. The van der Waals surface area contributed by atoms with Gasteiger partial charge in [-0.3, -0.25) is 4.79 Å². The molecular formula is C15H19N3O. The summed E-state index contributed by atoms with van der Waals surface area (Å²) in [7, 11) is 0. The first-order chi connectivity index (χ1) is 8.81. The maximum Gasteiger partial charge on any atom is 0.267 e. The minimum absolute atomic E-state index is 0.0523. The van der Waals surface area contributed by atoms with Gasteiger partial charge in [0.1, 0.15) is 11.6 Å². The van der Waals surface area contributed by atoms with Crippen LogP contribution < -0.4 is 10.6 Å². The van der Waals surface area contributed by atoms with Gasteiger partial charge in [-0.05, 0) is 45.4 Å². The van der Waals surface area contributed by atoms with E-state index in [4.69, 9.17) is 5.26 Å². The number of rotatable bonds is 3. The Balaban J connectivity index is 2.78. The number of amides is 1. The Morgan fingerprint density at radius 1 is 1.37 bits per heavy atom. The molecule has 100 valence electrons. The molecule has 0 heterocycles. The molecule has 0 spiro atoms. The molecule has 4 nitrogen and oxygen atoms in total. The van der Waals surface area contributed by atoms with Crippen LogP contribution in [0.3, 0.4) is 0 Å². The molecule has 19 heavy (non-hydrogen) atoms. The van der Waals surface area contributed by atoms with Crippen LogP contribution in [0.2, 0.25) is 0 Å². The largest absolute Gasteiger partial charge is 0.385 e. The van der Waals surface area contributed by atoms with Crippen molar-refractivity contribution in [2.24, 2.45) is 0 Å². The van der Waals surface area contributed by atoms with Crippen molar-refractivity contribution in [3.8, 4) is 6.07 Å². The Morgan fingerprint density at radius 2 is 2.05 bits per heavy atom. The standard InChI is InChI=1S/C15H19N3O/c1-11-6-5-7-13(8-11)18-14(19)12(9-16)10-17-15(2,3)4/h5-8,10,17H,1-4H3,(H,18,19)/b12-10-. The summed E-state index contributed by atoms with van der Waals surface area (Å²) in [6, 6.07) is 9.33. The lowest BCUT2D eigenvalue weighted by atomic mass is 10.1. The number of aryl methyl sites for hydroxylation is 1. The van der Waals surface area contributed by atoms with Crippen LogP contribution in [0.5, 0.6) is 0 Å². The molecule has 0 aromatic heterocycles. The third kappa shape index (κ3) is 5.26. The lowest BCUT2D eigenvalue weighted by molar-refractivity contribution is -0.112. The molecule has 0 bridgehead atoms. The molecule has 0 aliphatic carbocycles. The minimum Gasteiger partial charge on any atom is -0.385 e. The number of nitrogens with one attached hydrogen (secondary N) is 2. The number of anilines is 1. The van der Waals surface area contributed by atoms with Gasteiger partial charge in [0.2, 0.25) is 0 Å². The molecule has 0 atom stereocenters. The molecule has 1 aromatic carbocycles. The highest BCUT2D eigenvalue weighted by molar-refractivity contribution is 6.06. The smallest absolute Gasteiger partial charge is 0.267 e. The Hall–Kier alpha value is -2.28. The third-order valence-corrected chi connectivity index (χ3v) is 2.29. The molecule has 1 aromatic rings. The monoisotopic (exact) mass is 257 g/mol. The molecular weight excluding hydrogens is 238 g/mol. The predicted molar refractivity (Wildman–Crippen MR) is 76.4 cm³/mol. The predicted octanol–water partition coefficient (Wildman–Crippen LogP) is 2.73. The van der Waals surface area contributed by atoms with Crippen LogP contribution in [0.15, 0.2) is 36.0 Å². The van der Waals surface area contributed by atoms with Crippen molar-refractivity contribution in [3.05, 3.63) is 41.6 Å². The quantitative estimate of drug-likeness (QED) is 0.646. The fraction of sp³-hybridized carbons (Fsp3) is 0.333. The average Bonchev–Trinajstić information content (AvgIpc) is 2.28. The molecule has 1 rings (SSSR count). The van der Waals surface area contributed by atoms with Crippen LogP contribution in [-0.4, -0.2) is 11.4 Å². The van der Waals surface area contributed by atoms with Crippen LogP contribution in [0, 0.1) is 18.3 Å². The van der Waals surface area contributed by atoms with E-state index in [2.05, 4.69) is 10.6 Å². The van der Waals surface area contributed by atoms with Gasteiger partial charge >= 0.3 is 0 Å². The van der Waals surface area contributed by atoms with E-state index in [1.165, 1.54) is 6.20 Å². The van der Waals surface area contributed by atoms with Crippen molar-refractivity contribution in [1.29, 1.82) is 5.26 Å². The fourth-order valence-electron chi connectivity index (χ4n) is 1.36. The summed E-state index contributed by atoms with van der Waals surface area (Å²) < 4.78 is 0. The van der Waals surface area contributed by atoms with E-state index in [1.54, 1.807) is 6.07 Å². The summed E-state index contributed by atoms with van der Waals surface area (Å²) in [5.74, 6) is -0.412. The maximum absolute atomic E-state index is 11.9. The maximum atomic E-state index is 11.9. The van der Waals surface area contributed by atoms with Crippen molar-refractivity contribution in [1.82, 2.24) is 5.32 Å². The SMILES string of the molecule is Cc1cccc(NC(=O)/C(C#N)=C\NC(C)(C)C)c1. The van der Waals surface area contributed by atoms with Gasteiger partial charge in [-0.25, -0.2) is 0 Å². The van der Waals surface area contributed by atoms with Crippen molar-refractivity contribution < 1.29 is 4.79 Å². The fourth-order valence-corrected chi connectivity index (χ4v) is 1.36. The second-order valence-electron chi connectivity index (χ2n) is 5.39. The van der Waals surface area contributed by atoms with Crippen LogP contribution in [0.1, 0.15) is 26.3 Å². The van der Waals surface area contributed by atoms with Crippen LogP contribution in [0.25, 0.3) is 0 Å². The Bertz CT molecular complexity index is 533. The molecule has 0 saturated heterocycles. The number of hydrogen-bond donors (Lipinski definition) is 2. The number of carbonyl (C=O) groups excluding carboxylic acids is 1. The Morgan fingerprint density at radius 3 is 2.58 bits per heavy atom. The number of nitriles is 1. The van der Waals surface area contributed by atoms with Gasteiger partial charge in [0.25, 0.3) is 5.91 Å². The minimum atomic E-state index is -0.412. The topological polar surface area (TPSA) is 64.9 Å². The van der Waals surface area contributed by atoms with Gasteiger partial charge in [-0.15, -0.1) is 0 Å². The van der Waals surface area contributed by atoms with E-state index in [-0.39, 0.29) is 11.1 Å². The number of hydrogen-bond acceptors (Lipinski definition) is 3. The van der Waals surface area contributed by atoms with Crippen LogP contribution in [-0.2, 0) is 4.79 Å². The first kappa shape index (κ1) is 14.8. The zero-order chi connectivity index (χ0) is 14.5. The zero-order valence-electron chi connectivity index (χ0n) is 11.7. The molecule has 1 amide bonds. The molecule has 2 N–H and O–H groups in total. The lowest BCUT2D eigenvalue weighted by Gasteiger charge is -2.18. The first-order valence-electron chi connectivity index (χ1n) is 6.08. The highest BCUT2D eigenvalue weighted by Crippen LogP contribution is 2.11. The summed E-state index contributed by atoms with van der Waals surface area (Å²) in [6.45, 7) is 7.81. The summed E-state index contributed by atoms with van der Waals surface area (Å²) in [6.07, 6.45) is 1.45. The van der Waals surface area contributed by atoms with E-state index in [9.17, 15) is 4.79 Å². The summed E-state index contributed by atoms with van der Waals surface area (Å²) in [5, 5.41) is 14.7. The highest BCUT2D eigenvalue weighted by Gasteiger charge is 2.12. The summed E-state index contributed by atoms with van der Waals surface area (Å²) in [5.41, 5.74) is 1.59. The van der Waals surface area contributed by atoms with Gasteiger partial charge < -0.3 is 10.6 Å². The Labute approximate surface area is 114 Å². The first-order valence-corrected chi connectivity index (χ1v) is 6.08. The molecule has 0 fully saturated rings. The highest BCUT2D eigenvalue weighted by atomic mass is 16.1. The molecule has 0 radical (unpaired) electrons. The molecule has 4 heteroatoms. The van der Waals surface area contributed by atoms with Gasteiger partial charge in [-0.1, -0.05) is 12.1 Å². The van der Waals surface area contributed by atoms with Crippen LogP contribution in [0.4, 0.5) is 5.69 Å². The third-order valence-electron chi connectivity index (χ3n) is 2.29. The van der Waals surface area contributed by atoms with E-state index in [0.29, 0.717) is 5.69 Å². The average molecular weight is 257 g/mol.